The highest BCUT2D eigenvalue weighted by atomic mass is 32.2. The van der Waals surface area contributed by atoms with Crippen LogP contribution in [0.25, 0.3) is 11.3 Å². The molecule has 3 N–H and O–H groups in total. The molecule has 0 aliphatic rings. The molecule has 6 heteroatoms. The number of benzene rings is 3. The summed E-state index contributed by atoms with van der Waals surface area (Å²) in [6.45, 7) is 0. The molecule has 0 aliphatic heterocycles. The fourth-order valence-corrected chi connectivity index (χ4v) is 3.71. The van der Waals surface area contributed by atoms with Crippen molar-refractivity contribution in [3.63, 3.8) is 0 Å². The van der Waals surface area contributed by atoms with Crippen LogP contribution in [0.2, 0.25) is 0 Å². The number of para-hydroxylation sites is 1. The topological polar surface area (TPSA) is 72.9 Å². The van der Waals surface area contributed by atoms with E-state index in [-0.39, 0.29) is 5.91 Å². The van der Waals surface area contributed by atoms with Gasteiger partial charge in [0.2, 0.25) is 0 Å². The van der Waals surface area contributed by atoms with Crippen molar-refractivity contribution in [2.75, 3.05) is 11.2 Å². The first kappa shape index (κ1) is 18.8. The Bertz CT molecular complexity index is 1090. The lowest BCUT2D eigenvalue weighted by atomic mass is 10.1. The standard InChI is InChI=1S/C23H20N4OS/c24-27-15-21(18-7-3-1-4-8-18)26-23(27)29-16-17-11-13-19(14-12-17)22(28)25-20-9-5-2-6-10-20/h1-15H,16,24H2,(H,25,28). The van der Waals surface area contributed by atoms with Gasteiger partial charge in [-0.05, 0) is 29.8 Å². The van der Waals surface area contributed by atoms with Crippen LogP contribution in [0.4, 0.5) is 5.69 Å². The highest BCUT2D eigenvalue weighted by Crippen LogP contribution is 2.25. The molecule has 1 aromatic heterocycles. The average Bonchev–Trinajstić information content (AvgIpc) is 3.14. The van der Waals surface area contributed by atoms with E-state index in [1.165, 1.54) is 0 Å². The van der Waals surface area contributed by atoms with Gasteiger partial charge in [-0.15, -0.1) is 0 Å². The molecule has 1 amide bonds. The van der Waals surface area contributed by atoms with E-state index in [1.807, 2.05) is 91.1 Å². The van der Waals surface area contributed by atoms with Crippen molar-refractivity contribution in [1.29, 1.82) is 0 Å². The first-order chi connectivity index (χ1) is 14.2. The first-order valence-corrected chi connectivity index (χ1v) is 10.2. The molecule has 144 valence electrons. The minimum atomic E-state index is -0.125. The lowest BCUT2D eigenvalue weighted by Crippen LogP contribution is -2.11. The number of nitrogens with two attached hydrogens (primary N) is 1. The highest BCUT2D eigenvalue weighted by molar-refractivity contribution is 7.98. The molecule has 0 spiro atoms. The normalized spacial score (nSPS) is 10.6. The molecule has 0 bridgehead atoms. The predicted molar refractivity (Wildman–Crippen MR) is 118 cm³/mol. The van der Waals surface area contributed by atoms with E-state index < -0.39 is 0 Å². The second-order valence-corrected chi connectivity index (χ2v) is 7.43. The van der Waals surface area contributed by atoms with Crippen LogP contribution in [-0.4, -0.2) is 15.6 Å². The summed E-state index contributed by atoms with van der Waals surface area (Å²) in [6, 6.07) is 26.9. The van der Waals surface area contributed by atoms with E-state index >= 15 is 0 Å². The Hall–Kier alpha value is -3.51. The number of carbonyl (C=O) groups is 1. The average molecular weight is 401 g/mol. The molecule has 4 aromatic rings. The molecule has 0 fully saturated rings. The Kier molecular flexibility index (Phi) is 5.63. The van der Waals surface area contributed by atoms with Crippen molar-refractivity contribution < 1.29 is 4.79 Å². The smallest absolute Gasteiger partial charge is 0.255 e. The van der Waals surface area contributed by atoms with Crippen molar-refractivity contribution in [3.05, 3.63) is 102 Å². The Balaban J connectivity index is 1.38. The fourth-order valence-electron chi connectivity index (χ4n) is 2.86. The van der Waals surface area contributed by atoms with Gasteiger partial charge in [0.15, 0.2) is 5.16 Å². The van der Waals surface area contributed by atoms with Gasteiger partial charge >= 0.3 is 0 Å². The SMILES string of the molecule is Nn1cc(-c2ccccc2)nc1SCc1ccc(C(=O)Nc2ccccc2)cc1. The summed E-state index contributed by atoms with van der Waals surface area (Å²) in [5, 5.41) is 3.63. The van der Waals surface area contributed by atoms with Crippen LogP contribution in [0.5, 0.6) is 0 Å². The zero-order valence-corrected chi connectivity index (χ0v) is 16.5. The van der Waals surface area contributed by atoms with E-state index in [0.29, 0.717) is 11.3 Å². The molecule has 29 heavy (non-hydrogen) atoms. The number of hydrogen-bond acceptors (Lipinski definition) is 4. The number of aromatic nitrogens is 2. The fraction of sp³-hybridized carbons (Fsp3) is 0.0435. The van der Waals surface area contributed by atoms with Crippen LogP contribution in [0.3, 0.4) is 0 Å². The number of anilines is 1. The zero-order valence-electron chi connectivity index (χ0n) is 15.7. The van der Waals surface area contributed by atoms with Crippen LogP contribution < -0.4 is 11.2 Å². The van der Waals surface area contributed by atoms with Crippen molar-refractivity contribution in [1.82, 2.24) is 9.66 Å². The molecular weight excluding hydrogens is 380 g/mol. The maximum Gasteiger partial charge on any atom is 0.255 e. The number of carbonyl (C=O) groups excluding carboxylic acids is 1. The van der Waals surface area contributed by atoms with E-state index in [2.05, 4.69) is 10.3 Å². The van der Waals surface area contributed by atoms with Gasteiger partial charge in [-0.2, -0.15) is 0 Å². The molecule has 5 nitrogen and oxygen atoms in total. The minimum absolute atomic E-state index is 0.125. The van der Waals surface area contributed by atoms with Gasteiger partial charge in [0.05, 0.1) is 11.9 Å². The predicted octanol–water partition coefficient (Wildman–Crippen LogP) is 4.81. The molecule has 0 radical (unpaired) electrons. The lowest BCUT2D eigenvalue weighted by molar-refractivity contribution is 0.102. The van der Waals surface area contributed by atoms with Crippen LogP contribution >= 0.6 is 11.8 Å². The van der Waals surface area contributed by atoms with Crippen molar-refractivity contribution >= 4 is 23.4 Å². The number of nitrogens with one attached hydrogen (secondary N) is 1. The van der Waals surface area contributed by atoms with Gasteiger partial charge in [0, 0.05) is 22.6 Å². The maximum absolute atomic E-state index is 12.3. The third-order valence-electron chi connectivity index (χ3n) is 4.38. The molecule has 0 atom stereocenters. The first-order valence-electron chi connectivity index (χ1n) is 9.17. The number of nitrogens with zero attached hydrogens (tertiary/aromatic N) is 2. The summed E-state index contributed by atoms with van der Waals surface area (Å²) in [7, 11) is 0. The second kappa shape index (κ2) is 8.67. The molecular formula is C23H20N4OS. The van der Waals surface area contributed by atoms with Gasteiger partial charge in [0.1, 0.15) is 0 Å². The molecule has 3 aromatic carbocycles. The molecule has 0 saturated carbocycles. The van der Waals surface area contributed by atoms with Gasteiger partial charge in [-0.1, -0.05) is 72.4 Å². The largest absolute Gasteiger partial charge is 0.337 e. The summed E-state index contributed by atoms with van der Waals surface area (Å²) >= 11 is 1.56. The molecule has 0 saturated heterocycles. The van der Waals surface area contributed by atoms with Crippen LogP contribution in [-0.2, 0) is 5.75 Å². The molecule has 4 rings (SSSR count). The van der Waals surface area contributed by atoms with Crippen molar-refractivity contribution in [3.8, 4) is 11.3 Å². The van der Waals surface area contributed by atoms with Crippen molar-refractivity contribution in [2.24, 2.45) is 0 Å². The highest BCUT2D eigenvalue weighted by Gasteiger charge is 2.10. The Morgan fingerprint density at radius 3 is 2.28 bits per heavy atom. The molecule has 0 aliphatic carbocycles. The third-order valence-corrected chi connectivity index (χ3v) is 5.42. The number of hydrogen-bond donors (Lipinski definition) is 2. The van der Waals surface area contributed by atoms with E-state index in [9.17, 15) is 4.79 Å². The summed E-state index contributed by atoms with van der Waals surface area (Å²) < 4.78 is 1.55. The Morgan fingerprint density at radius 1 is 0.931 bits per heavy atom. The minimum Gasteiger partial charge on any atom is -0.337 e. The summed E-state index contributed by atoms with van der Waals surface area (Å²) in [5.41, 5.74) is 4.38. The second-order valence-electron chi connectivity index (χ2n) is 6.49. The number of imidazole rings is 1. The zero-order chi connectivity index (χ0) is 20.1. The lowest BCUT2D eigenvalue weighted by Gasteiger charge is -2.06. The summed E-state index contributed by atoms with van der Waals surface area (Å²) in [6.07, 6.45) is 1.83. The van der Waals surface area contributed by atoms with Crippen LogP contribution in [0, 0.1) is 0 Å². The Morgan fingerprint density at radius 2 is 1.59 bits per heavy atom. The van der Waals surface area contributed by atoms with Gasteiger partial charge in [0.25, 0.3) is 5.91 Å². The van der Waals surface area contributed by atoms with E-state index in [1.54, 1.807) is 16.4 Å². The van der Waals surface area contributed by atoms with Gasteiger partial charge in [-0.25, -0.2) is 9.66 Å². The quantitative estimate of drug-likeness (QED) is 0.360. The maximum atomic E-state index is 12.3. The number of amides is 1. The van der Waals surface area contributed by atoms with Crippen LogP contribution in [0.15, 0.2) is 96.3 Å². The summed E-state index contributed by atoms with van der Waals surface area (Å²) in [4.78, 5) is 17.0. The van der Waals surface area contributed by atoms with Gasteiger partial charge < -0.3 is 11.2 Å². The monoisotopic (exact) mass is 400 g/mol. The number of thioether (sulfide) groups is 1. The Labute approximate surface area is 173 Å². The van der Waals surface area contributed by atoms with E-state index in [0.717, 1.165) is 27.7 Å². The molecule has 1 heterocycles. The van der Waals surface area contributed by atoms with Gasteiger partial charge in [-0.3, -0.25) is 4.79 Å². The third kappa shape index (κ3) is 4.67. The molecule has 0 unspecified atom stereocenters. The van der Waals surface area contributed by atoms with E-state index in [4.69, 9.17) is 5.84 Å². The summed E-state index contributed by atoms with van der Waals surface area (Å²) in [5.74, 6) is 6.65. The van der Waals surface area contributed by atoms with Crippen LogP contribution in [0.1, 0.15) is 15.9 Å². The number of rotatable bonds is 6. The number of nitrogen functional groups attached to an aromatic ring is 1. The van der Waals surface area contributed by atoms with Crippen molar-refractivity contribution in [2.45, 2.75) is 10.9 Å².